The smallest absolute Gasteiger partial charge is 0.339 e. The Balaban J connectivity index is 1.83. The molecule has 0 saturated carbocycles. The van der Waals surface area contributed by atoms with Crippen molar-refractivity contribution in [3.8, 4) is 5.75 Å². The molecule has 0 unspecified atom stereocenters. The molecule has 21 heavy (non-hydrogen) atoms. The first-order valence-corrected chi connectivity index (χ1v) is 6.32. The number of nitrogens with zero attached hydrogens (tertiary/aromatic N) is 2. The van der Waals surface area contributed by atoms with Crippen LogP contribution in [0.25, 0.3) is 5.65 Å². The lowest BCUT2D eigenvalue weighted by molar-refractivity contribution is 0.0691. The number of carboxylic acid groups (broad SMARTS) is 1. The number of hydrogen-bond acceptors (Lipinski definition) is 4. The average Bonchev–Trinajstić information content (AvgIpc) is 2.88. The number of fused-ring (bicyclic) bond motifs is 1. The number of hydrogen-bond donors (Lipinski definition) is 2. The van der Waals surface area contributed by atoms with E-state index in [9.17, 15) is 4.79 Å². The van der Waals surface area contributed by atoms with E-state index in [4.69, 9.17) is 15.6 Å². The van der Waals surface area contributed by atoms with E-state index in [0.717, 1.165) is 11.3 Å². The SMILES string of the molecule is Nc1ccc(OCc2cn3ccccc3n2)c(C(=O)O)c1. The minimum atomic E-state index is -1.08. The Morgan fingerprint density at radius 3 is 2.95 bits per heavy atom. The molecule has 6 nitrogen and oxygen atoms in total. The Morgan fingerprint density at radius 1 is 1.33 bits per heavy atom. The van der Waals surface area contributed by atoms with Crippen molar-refractivity contribution >= 4 is 17.3 Å². The molecule has 2 aromatic heterocycles. The minimum absolute atomic E-state index is 0.0405. The summed E-state index contributed by atoms with van der Waals surface area (Å²) in [6.07, 6.45) is 3.73. The molecule has 1 aromatic carbocycles. The van der Waals surface area contributed by atoms with E-state index in [-0.39, 0.29) is 17.9 Å². The molecule has 3 rings (SSSR count). The normalized spacial score (nSPS) is 10.7. The largest absolute Gasteiger partial charge is 0.486 e. The van der Waals surface area contributed by atoms with Gasteiger partial charge in [-0.05, 0) is 30.3 Å². The molecule has 3 N–H and O–H groups in total. The van der Waals surface area contributed by atoms with Crippen LogP contribution in [0.4, 0.5) is 5.69 Å². The van der Waals surface area contributed by atoms with Gasteiger partial charge in [-0.3, -0.25) is 0 Å². The third kappa shape index (κ3) is 2.64. The highest BCUT2D eigenvalue weighted by atomic mass is 16.5. The number of rotatable bonds is 4. The van der Waals surface area contributed by atoms with Crippen LogP contribution in [-0.4, -0.2) is 20.5 Å². The maximum Gasteiger partial charge on any atom is 0.339 e. The average molecular weight is 283 g/mol. The third-order valence-corrected chi connectivity index (χ3v) is 3.02. The zero-order valence-electron chi connectivity index (χ0n) is 11.1. The summed E-state index contributed by atoms with van der Waals surface area (Å²) in [4.78, 5) is 15.6. The van der Waals surface area contributed by atoms with Crippen LogP contribution >= 0.6 is 0 Å². The van der Waals surface area contributed by atoms with Crippen LogP contribution in [-0.2, 0) is 6.61 Å². The fourth-order valence-corrected chi connectivity index (χ4v) is 2.05. The Kier molecular flexibility index (Phi) is 3.19. The van der Waals surface area contributed by atoms with E-state index in [1.54, 1.807) is 12.1 Å². The molecule has 0 fully saturated rings. The highest BCUT2D eigenvalue weighted by Crippen LogP contribution is 2.22. The lowest BCUT2D eigenvalue weighted by Gasteiger charge is -2.08. The molecule has 0 saturated heterocycles. The Morgan fingerprint density at radius 2 is 2.19 bits per heavy atom. The number of benzene rings is 1. The molecule has 2 heterocycles. The van der Waals surface area contributed by atoms with Gasteiger partial charge in [0.1, 0.15) is 23.6 Å². The van der Waals surface area contributed by atoms with Gasteiger partial charge in [-0.25, -0.2) is 9.78 Å². The van der Waals surface area contributed by atoms with Gasteiger partial charge in [0.15, 0.2) is 0 Å². The van der Waals surface area contributed by atoms with Crippen molar-refractivity contribution in [2.75, 3.05) is 5.73 Å². The summed E-state index contributed by atoms with van der Waals surface area (Å²) in [5, 5.41) is 9.15. The molecule has 0 aliphatic heterocycles. The maximum atomic E-state index is 11.2. The Hall–Kier alpha value is -3.02. The molecule has 0 amide bonds. The van der Waals surface area contributed by atoms with Crippen molar-refractivity contribution < 1.29 is 14.6 Å². The highest BCUT2D eigenvalue weighted by molar-refractivity contribution is 5.92. The number of aromatic carboxylic acids is 1. The van der Waals surface area contributed by atoms with E-state index >= 15 is 0 Å². The number of pyridine rings is 1. The summed E-state index contributed by atoms with van der Waals surface area (Å²) in [5.74, 6) is -0.805. The minimum Gasteiger partial charge on any atom is -0.486 e. The van der Waals surface area contributed by atoms with Crippen LogP contribution in [0.2, 0.25) is 0 Å². The van der Waals surface area contributed by atoms with Crippen molar-refractivity contribution in [3.63, 3.8) is 0 Å². The van der Waals surface area contributed by atoms with Gasteiger partial charge in [0, 0.05) is 18.1 Å². The van der Waals surface area contributed by atoms with Gasteiger partial charge >= 0.3 is 5.97 Å². The molecular weight excluding hydrogens is 270 g/mol. The van der Waals surface area contributed by atoms with Crippen molar-refractivity contribution in [1.29, 1.82) is 0 Å². The number of nitrogens with two attached hydrogens (primary N) is 1. The van der Waals surface area contributed by atoms with Crippen LogP contribution in [0.5, 0.6) is 5.75 Å². The van der Waals surface area contributed by atoms with Crippen LogP contribution in [0.3, 0.4) is 0 Å². The number of imidazole rings is 1. The summed E-state index contributed by atoms with van der Waals surface area (Å²) in [5.41, 5.74) is 7.54. The number of ether oxygens (including phenoxy) is 1. The fraction of sp³-hybridized carbons (Fsp3) is 0.0667. The molecule has 106 valence electrons. The first kappa shape index (κ1) is 13.0. The zero-order valence-corrected chi connectivity index (χ0v) is 11.1. The van der Waals surface area contributed by atoms with Crippen LogP contribution < -0.4 is 10.5 Å². The topological polar surface area (TPSA) is 89.9 Å². The van der Waals surface area contributed by atoms with E-state index in [0.29, 0.717) is 5.69 Å². The third-order valence-electron chi connectivity index (χ3n) is 3.02. The van der Waals surface area contributed by atoms with Gasteiger partial charge in [-0.2, -0.15) is 0 Å². The molecule has 0 atom stereocenters. The predicted octanol–water partition coefficient (Wildman–Crippen LogP) is 2.19. The molecule has 0 aliphatic rings. The van der Waals surface area contributed by atoms with Gasteiger partial charge < -0.3 is 20.0 Å². The molecule has 0 bridgehead atoms. The molecular formula is C15H13N3O3. The van der Waals surface area contributed by atoms with Crippen LogP contribution in [0, 0.1) is 0 Å². The first-order chi connectivity index (χ1) is 10.1. The van der Waals surface area contributed by atoms with Gasteiger partial charge in [-0.1, -0.05) is 6.07 Å². The summed E-state index contributed by atoms with van der Waals surface area (Å²) in [6.45, 7) is 0.186. The Bertz CT molecular complexity index is 778. The lowest BCUT2D eigenvalue weighted by Crippen LogP contribution is -2.04. The van der Waals surface area contributed by atoms with E-state index in [1.807, 2.05) is 35.0 Å². The predicted molar refractivity (Wildman–Crippen MR) is 77.3 cm³/mol. The zero-order chi connectivity index (χ0) is 14.8. The first-order valence-electron chi connectivity index (χ1n) is 6.32. The molecule has 3 aromatic rings. The second kappa shape index (κ2) is 5.16. The molecule has 0 spiro atoms. The highest BCUT2D eigenvalue weighted by Gasteiger charge is 2.12. The fourth-order valence-electron chi connectivity index (χ4n) is 2.05. The number of carbonyl (C=O) groups is 1. The van der Waals surface area contributed by atoms with Crippen molar-refractivity contribution in [2.24, 2.45) is 0 Å². The quantitative estimate of drug-likeness (QED) is 0.716. The van der Waals surface area contributed by atoms with Crippen LogP contribution in [0.1, 0.15) is 16.1 Å². The summed E-state index contributed by atoms with van der Waals surface area (Å²) in [7, 11) is 0. The summed E-state index contributed by atoms with van der Waals surface area (Å²) >= 11 is 0. The number of carboxylic acids is 1. The van der Waals surface area contributed by atoms with Gasteiger partial charge in [0.05, 0.1) is 5.69 Å². The van der Waals surface area contributed by atoms with Gasteiger partial charge in [0.25, 0.3) is 0 Å². The second-order valence-electron chi connectivity index (χ2n) is 4.55. The van der Waals surface area contributed by atoms with E-state index in [2.05, 4.69) is 4.98 Å². The van der Waals surface area contributed by atoms with E-state index < -0.39 is 5.97 Å². The number of aromatic nitrogens is 2. The standard InChI is InChI=1S/C15H13N3O3/c16-10-4-5-13(12(7-10)15(19)20)21-9-11-8-18-6-2-1-3-14(18)17-11/h1-8H,9,16H2,(H,19,20). The molecule has 6 heteroatoms. The van der Waals surface area contributed by atoms with Crippen molar-refractivity contribution in [3.05, 3.63) is 60.0 Å². The van der Waals surface area contributed by atoms with E-state index in [1.165, 1.54) is 6.07 Å². The summed E-state index contributed by atoms with van der Waals surface area (Å²) in [6, 6.07) is 10.2. The maximum absolute atomic E-state index is 11.2. The monoisotopic (exact) mass is 283 g/mol. The van der Waals surface area contributed by atoms with Crippen molar-refractivity contribution in [2.45, 2.75) is 6.61 Å². The Labute approximate surface area is 120 Å². The molecule has 0 radical (unpaired) electrons. The van der Waals surface area contributed by atoms with Gasteiger partial charge in [0.2, 0.25) is 0 Å². The number of anilines is 1. The second-order valence-corrected chi connectivity index (χ2v) is 4.55. The van der Waals surface area contributed by atoms with Crippen LogP contribution in [0.15, 0.2) is 48.8 Å². The van der Waals surface area contributed by atoms with Crippen molar-refractivity contribution in [1.82, 2.24) is 9.38 Å². The lowest BCUT2D eigenvalue weighted by atomic mass is 10.2. The number of nitrogen functional groups attached to an aromatic ring is 1. The molecule has 0 aliphatic carbocycles. The summed E-state index contributed by atoms with van der Waals surface area (Å²) < 4.78 is 7.43. The van der Waals surface area contributed by atoms with Gasteiger partial charge in [-0.15, -0.1) is 0 Å².